The maximum Gasteiger partial charge on any atom is 0.297 e. The highest BCUT2D eigenvalue weighted by molar-refractivity contribution is 7.87. The third kappa shape index (κ3) is 8.20. The molecular formula is C30H34O13S3. The van der Waals surface area contributed by atoms with Gasteiger partial charge in [-0.15, -0.1) is 0 Å². The van der Waals surface area contributed by atoms with Gasteiger partial charge in [-0.25, -0.2) is 0 Å². The summed E-state index contributed by atoms with van der Waals surface area (Å²) in [6.45, 7) is 3.92. The molecule has 2 fully saturated rings. The molecular weight excluding hydrogens is 665 g/mol. The van der Waals surface area contributed by atoms with Gasteiger partial charge in [0.05, 0.1) is 27.9 Å². The van der Waals surface area contributed by atoms with E-state index in [1.807, 2.05) is 0 Å². The lowest BCUT2D eigenvalue weighted by Gasteiger charge is -2.41. The highest BCUT2D eigenvalue weighted by Gasteiger charge is 2.49. The number of benzene rings is 3. The maximum atomic E-state index is 13.6. The Morgan fingerprint density at radius 2 is 0.870 bits per heavy atom. The van der Waals surface area contributed by atoms with Crippen LogP contribution in [0.3, 0.4) is 0 Å². The second kappa shape index (κ2) is 14.1. The standard InChI is InChI=1S/C30H34O13S3/c1-20-4-10-23(11-5-20)44(31,32)41-26-16-37-18-39-28(26)30(43-46(35,36)25-14-8-22(3)9-15-25)29-27(17-38-19-40-29)42-45(33,34)24-12-6-21(2)7-13-24/h4-15,26-30H,16-19H2,1-3H3. The summed E-state index contributed by atoms with van der Waals surface area (Å²) >= 11 is 0. The van der Waals surface area contributed by atoms with Crippen LogP contribution in [0, 0.1) is 20.8 Å². The van der Waals surface area contributed by atoms with Crippen LogP contribution in [0.25, 0.3) is 0 Å². The van der Waals surface area contributed by atoms with Crippen molar-refractivity contribution in [2.75, 3.05) is 26.8 Å². The molecule has 4 atom stereocenters. The first-order valence-electron chi connectivity index (χ1n) is 14.1. The average molecular weight is 699 g/mol. The quantitative estimate of drug-likeness (QED) is 0.269. The molecule has 2 saturated heterocycles. The van der Waals surface area contributed by atoms with Crippen LogP contribution in [0.4, 0.5) is 0 Å². The van der Waals surface area contributed by atoms with Gasteiger partial charge in [-0.05, 0) is 57.2 Å². The number of rotatable bonds is 11. The molecule has 250 valence electrons. The highest BCUT2D eigenvalue weighted by atomic mass is 32.2. The van der Waals surface area contributed by atoms with Gasteiger partial charge in [-0.2, -0.15) is 25.3 Å². The smallest absolute Gasteiger partial charge is 0.297 e. The molecule has 4 unspecified atom stereocenters. The fourth-order valence-corrected chi connectivity index (χ4v) is 8.05. The maximum absolute atomic E-state index is 13.6. The first-order chi connectivity index (χ1) is 21.7. The van der Waals surface area contributed by atoms with Crippen molar-refractivity contribution >= 4 is 30.4 Å². The van der Waals surface area contributed by atoms with Crippen LogP contribution >= 0.6 is 0 Å². The lowest BCUT2D eigenvalue weighted by molar-refractivity contribution is -0.257. The van der Waals surface area contributed by atoms with E-state index in [1.165, 1.54) is 36.4 Å². The molecule has 3 aromatic carbocycles. The van der Waals surface area contributed by atoms with Crippen molar-refractivity contribution in [1.29, 1.82) is 0 Å². The summed E-state index contributed by atoms with van der Waals surface area (Å²) in [4.78, 5) is -0.517. The largest absolute Gasteiger partial charge is 0.353 e. The lowest BCUT2D eigenvalue weighted by Crippen LogP contribution is -2.59. The molecule has 0 bridgehead atoms. The first kappa shape index (κ1) is 34.6. The van der Waals surface area contributed by atoms with Crippen LogP contribution in [-0.2, 0) is 61.9 Å². The van der Waals surface area contributed by atoms with E-state index in [0.29, 0.717) is 0 Å². The minimum Gasteiger partial charge on any atom is -0.353 e. The fraction of sp³-hybridized carbons (Fsp3) is 0.400. The van der Waals surface area contributed by atoms with E-state index in [9.17, 15) is 25.3 Å². The number of hydrogen-bond acceptors (Lipinski definition) is 13. The summed E-state index contributed by atoms with van der Waals surface area (Å²) in [5.74, 6) is 0. The second-order valence-electron chi connectivity index (χ2n) is 10.9. The summed E-state index contributed by atoms with van der Waals surface area (Å²) in [6.07, 6.45) is -7.52. The van der Waals surface area contributed by atoms with E-state index in [0.717, 1.165) is 16.7 Å². The molecule has 0 aromatic heterocycles. The van der Waals surface area contributed by atoms with Crippen molar-refractivity contribution in [3.63, 3.8) is 0 Å². The summed E-state index contributed by atoms with van der Waals surface area (Å²) in [6, 6.07) is 17.6. The van der Waals surface area contributed by atoms with Crippen LogP contribution in [0.15, 0.2) is 87.5 Å². The minimum atomic E-state index is -4.57. The van der Waals surface area contributed by atoms with Crippen molar-refractivity contribution in [2.24, 2.45) is 0 Å². The molecule has 0 aliphatic carbocycles. The Morgan fingerprint density at radius 3 is 1.22 bits per heavy atom. The first-order valence-corrected chi connectivity index (χ1v) is 18.4. The second-order valence-corrected chi connectivity index (χ2v) is 15.6. The van der Waals surface area contributed by atoms with E-state index in [1.54, 1.807) is 57.2 Å². The molecule has 13 nitrogen and oxygen atoms in total. The number of hydrogen-bond donors (Lipinski definition) is 0. The SMILES string of the molecule is Cc1ccc(S(=O)(=O)OC2COCOC2C(OS(=O)(=O)c2ccc(C)cc2)C2OCOCC2OS(=O)(=O)c2ccc(C)cc2)cc1. The summed E-state index contributed by atoms with van der Waals surface area (Å²) in [7, 11) is -13.4. The summed E-state index contributed by atoms with van der Waals surface area (Å²) in [5, 5.41) is 0. The van der Waals surface area contributed by atoms with Gasteiger partial charge in [-0.3, -0.25) is 12.5 Å². The molecule has 16 heteroatoms. The third-order valence-electron chi connectivity index (χ3n) is 7.30. The Kier molecular flexibility index (Phi) is 10.6. The molecule has 46 heavy (non-hydrogen) atoms. The number of ether oxygens (including phenoxy) is 4. The zero-order valence-electron chi connectivity index (χ0n) is 25.2. The van der Waals surface area contributed by atoms with Crippen LogP contribution in [0.1, 0.15) is 16.7 Å². The third-order valence-corrected chi connectivity index (χ3v) is 11.3. The van der Waals surface area contributed by atoms with E-state index in [4.69, 9.17) is 31.5 Å². The van der Waals surface area contributed by atoms with E-state index < -0.39 is 60.9 Å². The van der Waals surface area contributed by atoms with Gasteiger partial charge in [0.2, 0.25) is 0 Å². The van der Waals surface area contributed by atoms with Gasteiger partial charge in [-0.1, -0.05) is 53.1 Å². The van der Waals surface area contributed by atoms with Gasteiger partial charge in [0.1, 0.15) is 44.1 Å². The van der Waals surface area contributed by atoms with Crippen LogP contribution in [0.2, 0.25) is 0 Å². The van der Waals surface area contributed by atoms with E-state index in [2.05, 4.69) is 0 Å². The Morgan fingerprint density at radius 1 is 0.543 bits per heavy atom. The Labute approximate surface area is 268 Å². The Bertz CT molecular complexity index is 1710. The normalized spacial score (nSPS) is 23.5. The van der Waals surface area contributed by atoms with Gasteiger partial charge in [0.25, 0.3) is 30.4 Å². The molecule has 0 saturated carbocycles. The number of aryl methyl sites for hydroxylation is 3. The summed E-state index contributed by atoms with van der Waals surface area (Å²) in [5.41, 5.74) is 2.43. The topological polar surface area (TPSA) is 167 Å². The van der Waals surface area contributed by atoms with Crippen molar-refractivity contribution < 1.29 is 56.8 Å². The monoisotopic (exact) mass is 698 g/mol. The summed E-state index contributed by atoms with van der Waals surface area (Å²) < 4.78 is 119. The van der Waals surface area contributed by atoms with Crippen LogP contribution in [-0.4, -0.2) is 82.6 Å². The van der Waals surface area contributed by atoms with Crippen molar-refractivity contribution in [3.05, 3.63) is 89.5 Å². The van der Waals surface area contributed by atoms with Gasteiger partial charge in [0, 0.05) is 0 Å². The van der Waals surface area contributed by atoms with Gasteiger partial charge >= 0.3 is 0 Å². The average Bonchev–Trinajstić information content (AvgIpc) is 3.01. The van der Waals surface area contributed by atoms with Gasteiger partial charge < -0.3 is 18.9 Å². The molecule has 0 radical (unpaired) electrons. The molecule has 5 rings (SSSR count). The molecule has 3 aromatic rings. The zero-order valence-corrected chi connectivity index (χ0v) is 27.6. The van der Waals surface area contributed by atoms with E-state index >= 15 is 0 Å². The molecule has 2 aliphatic heterocycles. The Hall–Kier alpha value is -2.77. The van der Waals surface area contributed by atoms with Gasteiger partial charge in [0.15, 0.2) is 0 Å². The fourth-order valence-electron chi connectivity index (χ4n) is 4.81. The lowest BCUT2D eigenvalue weighted by atomic mass is 9.98. The van der Waals surface area contributed by atoms with E-state index in [-0.39, 0.29) is 41.5 Å². The van der Waals surface area contributed by atoms with Crippen molar-refractivity contribution in [2.45, 2.75) is 66.0 Å². The van der Waals surface area contributed by atoms with Crippen LogP contribution < -0.4 is 0 Å². The zero-order chi connectivity index (χ0) is 33.1. The molecule has 0 amide bonds. The minimum absolute atomic E-state index is 0.153. The van der Waals surface area contributed by atoms with Crippen molar-refractivity contribution in [3.8, 4) is 0 Å². The molecule has 2 aliphatic rings. The predicted octanol–water partition coefficient (Wildman–Crippen LogP) is 2.98. The highest BCUT2D eigenvalue weighted by Crippen LogP contribution is 2.32. The molecule has 2 heterocycles. The molecule has 0 N–H and O–H groups in total. The predicted molar refractivity (Wildman–Crippen MR) is 161 cm³/mol. The Balaban J connectivity index is 1.51. The van der Waals surface area contributed by atoms with Crippen LogP contribution in [0.5, 0.6) is 0 Å². The van der Waals surface area contributed by atoms with Crippen molar-refractivity contribution in [1.82, 2.24) is 0 Å². The molecule has 0 spiro atoms.